The summed E-state index contributed by atoms with van der Waals surface area (Å²) in [5, 5.41) is 0.767. The third-order valence-electron chi connectivity index (χ3n) is 4.42. The van der Waals surface area contributed by atoms with Gasteiger partial charge in [0, 0.05) is 16.6 Å². The van der Waals surface area contributed by atoms with E-state index in [1.54, 1.807) is 0 Å². The summed E-state index contributed by atoms with van der Waals surface area (Å²) in [6.45, 7) is 6.84. The number of likely N-dealkylation sites (tertiary alicyclic amines) is 1. The molecule has 0 saturated carbocycles. The van der Waals surface area contributed by atoms with Crippen molar-refractivity contribution in [1.82, 2.24) is 4.90 Å². The summed E-state index contributed by atoms with van der Waals surface area (Å²) >= 11 is 6.07. The van der Waals surface area contributed by atoms with Crippen LogP contribution in [0.15, 0.2) is 24.3 Å². The molecule has 2 atom stereocenters. The second kappa shape index (κ2) is 5.60. The predicted octanol–water partition coefficient (Wildman–Crippen LogP) is 3.60. The zero-order valence-electron chi connectivity index (χ0n) is 11.3. The Morgan fingerprint density at radius 2 is 2.06 bits per heavy atom. The number of hydrogen-bond donors (Lipinski definition) is 1. The fourth-order valence-electron chi connectivity index (χ4n) is 2.93. The lowest BCUT2D eigenvalue weighted by Crippen LogP contribution is -2.51. The minimum absolute atomic E-state index is 0.0132. The molecule has 100 valence electrons. The van der Waals surface area contributed by atoms with Gasteiger partial charge in [0.1, 0.15) is 0 Å². The van der Waals surface area contributed by atoms with E-state index in [0.717, 1.165) is 17.0 Å². The SMILES string of the molecule is CCC(C)(C(N)c1cccc(Cl)c1)N1CCCC1. The van der Waals surface area contributed by atoms with Gasteiger partial charge in [-0.25, -0.2) is 0 Å². The molecule has 0 aromatic heterocycles. The normalized spacial score (nSPS) is 21.8. The van der Waals surface area contributed by atoms with Crippen LogP contribution >= 0.6 is 11.6 Å². The van der Waals surface area contributed by atoms with Gasteiger partial charge in [-0.05, 0) is 57.0 Å². The number of halogens is 1. The summed E-state index contributed by atoms with van der Waals surface area (Å²) in [7, 11) is 0. The Bertz CT molecular complexity index is 401. The van der Waals surface area contributed by atoms with Crippen LogP contribution in [0.25, 0.3) is 0 Å². The van der Waals surface area contributed by atoms with Gasteiger partial charge in [0.25, 0.3) is 0 Å². The molecule has 0 radical (unpaired) electrons. The highest BCUT2D eigenvalue weighted by Crippen LogP contribution is 2.35. The molecule has 18 heavy (non-hydrogen) atoms. The zero-order valence-corrected chi connectivity index (χ0v) is 12.1. The summed E-state index contributed by atoms with van der Waals surface area (Å²) in [5.41, 5.74) is 7.70. The van der Waals surface area contributed by atoms with Crippen molar-refractivity contribution < 1.29 is 0 Å². The van der Waals surface area contributed by atoms with Crippen molar-refractivity contribution in [1.29, 1.82) is 0 Å². The lowest BCUT2D eigenvalue weighted by atomic mass is 9.84. The highest BCUT2D eigenvalue weighted by Gasteiger charge is 2.38. The summed E-state index contributed by atoms with van der Waals surface area (Å²) in [4.78, 5) is 2.54. The van der Waals surface area contributed by atoms with E-state index < -0.39 is 0 Å². The first-order valence-corrected chi connectivity index (χ1v) is 7.22. The number of benzene rings is 1. The summed E-state index contributed by atoms with van der Waals surface area (Å²) in [6, 6.07) is 7.98. The van der Waals surface area contributed by atoms with E-state index in [0.29, 0.717) is 0 Å². The molecule has 0 aliphatic carbocycles. The summed E-state index contributed by atoms with van der Waals surface area (Å²) in [5.74, 6) is 0. The van der Waals surface area contributed by atoms with Crippen molar-refractivity contribution in [2.24, 2.45) is 5.73 Å². The van der Waals surface area contributed by atoms with E-state index in [-0.39, 0.29) is 11.6 Å². The fraction of sp³-hybridized carbons (Fsp3) is 0.600. The van der Waals surface area contributed by atoms with E-state index in [1.165, 1.54) is 25.9 Å². The van der Waals surface area contributed by atoms with Gasteiger partial charge in [-0.2, -0.15) is 0 Å². The third kappa shape index (κ3) is 2.56. The third-order valence-corrected chi connectivity index (χ3v) is 4.66. The van der Waals surface area contributed by atoms with Gasteiger partial charge < -0.3 is 5.73 Å². The van der Waals surface area contributed by atoms with Crippen molar-refractivity contribution in [3.63, 3.8) is 0 Å². The van der Waals surface area contributed by atoms with Crippen molar-refractivity contribution in [2.75, 3.05) is 13.1 Å². The molecule has 1 saturated heterocycles. The van der Waals surface area contributed by atoms with Gasteiger partial charge in [-0.15, -0.1) is 0 Å². The average Bonchev–Trinajstić information content (AvgIpc) is 2.91. The molecule has 1 aliphatic rings. The molecular weight excluding hydrogens is 244 g/mol. The minimum atomic E-state index is 0.0132. The Balaban J connectivity index is 2.26. The van der Waals surface area contributed by atoms with Crippen molar-refractivity contribution in [2.45, 2.75) is 44.7 Å². The lowest BCUT2D eigenvalue weighted by Gasteiger charge is -2.43. The number of nitrogens with zero attached hydrogens (tertiary/aromatic N) is 1. The highest BCUT2D eigenvalue weighted by molar-refractivity contribution is 6.30. The molecule has 0 bridgehead atoms. The van der Waals surface area contributed by atoms with Crippen molar-refractivity contribution >= 4 is 11.6 Å². The molecule has 1 heterocycles. The first-order chi connectivity index (χ1) is 8.58. The Morgan fingerprint density at radius 1 is 1.39 bits per heavy atom. The maximum absolute atomic E-state index is 6.53. The van der Waals surface area contributed by atoms with Crippen LogP contribution in [0.4, 0.5) is 0 Å². The van der Waals surface area contributed by atoms with Gasteiger partial charge in [0.05, 0.1) is 0 Å². The average molecular weight is 267 g/mol. The van der Waals surface area contributed by atoms with Crippen LogP contribution in [0.3, 0.4) is 0 Å². The molecule has 3 heteroatoms. The number of rotatable bonds is 4. The molecule has 0 spiro atoms. The van der Waals surface area contributed by atoms with Crippen LogP contribution in [0, 0.1) is 0 Å². The molecule has 1 fully saturated rings. The highest BCUT2D eigenvalue weighted by atomic mass is 35.5. The topological polar surface area (TPSA) is 29.3 Å². The van der Waals surface area contributed by atoms with Crippen LogP contribution in [-0.2, 0) is 0 Å². The van der Waals surface area contributed by atoms with Crippen LogP contribution in [0.5, 0.6) is 0 Å². The van der Waals surface area contributed by atoms with E-state index >= 15 is 0 Å². The fourth-order valence-corrected chi connectivity index (χ4v) is 3.13. The van der Waals surface area contributed by atoms with Gasteiger partial charge in [-0.3, -0.25) is 4.90 Å². The van der Waals surface area contributed by atoms with Gasteiger partial charge in [-0.1, -0.05) is 30.7 Å². The first-order valence-electron chi connectivity index (χ1n) is 6.84. The molecule has 2 N–H and O–H groups in total. The Hall–Kier alpha value is -0.570. The molecule has 2 unspecified atom stereocenters. The smallest absolute Gasteiger partial charge is 0.0479 e. The second-order valence-electron chi connectivity index (χ2n) is 5.44. The van der Waals surface area contributed by atoms with Crippen LogP contribution in [-0.4, -0.2) is 23.5 Å². The van der Waals surface area contributed by atoms with E-state index in [2.05, 4.69) is 24.8 Å². The maximum Gasteiger partial charge on any atom is 0.0479 e. The lowest BCUT2D eigenvalue weighted by molar-refractivity contribution is 0.100. The quantitative estimate of drug-likeness (QED) is 0.902. The first kappa shape index (κ1) is 13.9. The molecule has 2 nitrogen and oxygen atoms in total. The second-order valence-corrected chi connectivity index (χ2v) is 5.87. The van der Waals surface area contributed by atoms with Gasteiger partial charge >= 0.3 is 0 Å². The molecule has 1 aromatic rings. The summed E-state index contributed by atoms with van der Waals surface area (Å²) < 4.78 is 0. The Kier molecular flexibility index (Phi) is 4.31. The monoisotopic (exact) mass is 266 g/mol. The van der Waals surface area contributed by atoms with Gasteiger partial charge in [0.15, 0.2) is 0 Å². The van der Waals surface area contributed by atoms with E-state index in [9.17, 15) is 0 Å². The van der Waals surface area contributed by atoms with Crippen LogP contribution < -0.4 is 5.73 Å². The van der Waals surface area contributed by atoms with Crippen molar-refractivity contribution in [3.8, 4) is 0 Å². The molecule has 2 rings (SSSR count). The minimum Gasteiger partial charge on any atom is -0.322 e. The van der Waals surface area contributed by atoms with Crippen molar-refractivity contribution in [3.05, 3.63) is 34.9 Å². The molecule has 1 aliphatic heterocycles. The summed E-state index contributed by atoms with van der Waals surface area (Å²) in [6.07, 6.45) is 3.64. The molecule has 1 aromatic carbocycles. The van der Waals surface area contributed by atoms with Crippen LogP contribution in [0.2, 0.25) is 5.02 Å². The number of hydrogen-bond acceptors (Lipinski definition) is 2. The van der Waals surface area contributed by atoms with E-state index in [4.69, 9.17) is 17.3 Å². The standard InChI is InChI=1S/C15H23ClN2/c1-3-15(2,18-9-4-5-10-18)14(17)12-7-6-8-13(16)11-12/h6-8,11,14H,3-5,9-10,17H2,1-2H3. The van der Waals surface area contributed by atoms with Crippen LogP contribution in [0.1, 0.15) is 44.7 Å². The maximum atomic E-state index is 6.53. The zero-order chi connectivity index (χ0) is 13.2. The molecule has 0 amide bonds. The van der Waals surface area contributed by atoms with Gasteiger partial charge in [0.2, 0.25) is 0 Å². The Morgan fingerprint density at radius 3 is 2.61 bits per heavy atom. The van der Waals surface area contributed by atoms with E-state index in [1.807, 2.05) is 18.2 Å². The molecular formula is C15H23ClN2. The Labute approximate surface area is 115 Å². The largest absolute Gasteiger partial charge is 0.322 e. The predicted molar refractivity (Wildman–Crippen MR) is 77.9 cm³/mol. The number of nitrogens with two attached hydrogens (primary N) is 1.